The average Bonchev–Trinajstić information content (AvgIpc) is 3.36. The Kier molecular flexibility index (Phi) is 3.60. The highest BCUT2D eigenvalue weighted by Gasteiger charge is 2.20. The van der Waals surface area contributed by atoms with Gasteiger partial charge in [-0.2, -0.15) is 0 Å². The van der Waals surface area contributed by atoms with Crippen LogP contribution in [0.5, 0.6) is 0 Å². The first-order valence-electron chi connectivity index (χ1n) is 9.72. The number of fused-ring (bicyclic) bond motifs is 4. The number of rotatable bonds is 2. The van der Waals surface area contributed by atoms with Crippen LogP contribution in [0.4, 0.5) is 0 Å². The summed E-state index contributed by atoms with van der Waals surface area (Å²) in [6.07, 6.45) is 8.16. The van der Waals surface area contributed by atoms with Crippen molar-refractivity contribution in [2.75, 3.05) is 0 Å². The molecular weight excluding hydrogens is 358 g/mol. The van der Waals surface area contributed by atoms with Crippen molar-refractivity contribution in [1.29, 1.82) is 0 Å². The Morgan fingerprint density at radius 2 is 1.46 bits per heavy atom. The smallest absolute Gasteiger partial charge is 0.0541 e. The maximum Gasteiger partial charge on any atom is 0.0541 e. The zero-order valence-electron chi connectivity index (χ0n) is 15.4. The van der Waals surface area contributed by atoms with Gasteiger partial charge in [-0.05, 0) is 58.2 Å². The second-order valence-corrected chi connectivity index (χ2v) is 8.39. The van der Waals surface area contributed by atoms with Gasteiger partial charge < -0.3 is 4.57 Å². The van der Waals surface area contributed by atoms with E-state index in [1.807, 2.05) is 11.8 Å². The number of para-hydroxylation sites is 2. The fourth-order valence-corrected chi connectivity index (χ4v) is 5.37. The van der Waals surface area contributed by atoms with E-state index in [0.29, 0.717) is 5.92 Å². The molecule has 1 aliphatic carbocycles. The molecule has 0 amide bonds. The molecular formula is C26H19NS. The van der Waals surface area contributed by atoms with Gasteiger partial charge in [0.25, 0.3) is 0 Å². The molecule has 28 heavy (non-hydrogen) atoms. The Labute approximate surface area is 168 Å². The summed E-state index contributed by atoms with van der Waals surface area (Å²) < 4.78 is 2.37. The van der Waals surface area contributed by atoms with E-state index in [2.05, 4.69) is 101 Å². The van der Waals surface area contributed by atoms with Gasteiger partial charge in [0.1, 0.15) is 0 Å². The summed E-state index contributed by atoms with van der Waals surface area (Å²) in [6.45, 7) is 0. The molecule has 0 bridgehead atoms. The molecule has 0 saturated carbocycles. The highest BCUT2D eigenvalue weighted by molar-refractivity contribution is 8.06. The van der Waals surface area contributed by atoms with Crippen LogP contribution in [-0.4, -0.2) is 4.57 Å². The van der Waals surface area contributed by atoms with Gasteiger partial charge in [-0.1, -0.05) is 60.7 Å². The number of aromatic nitrogens is 1. The van der Waals surface area contributed by atoms with Gasteiger partial charge in [-0.3, -0.25) is 0 Å². The number of thioether (sulfide) groups is 1. The van der Waals surface area contributed by atoms with Crippen LogP contribution >= 0.6 is 11.8 Å². The SMILES string of the molecule is C1=CC2CC=C(c3ccc(-n4c5ccccc5c5ccccc54)cc3)C=C2S1. The first-order valence-corrected chi connectivity index (χ1v) is 10.6. The fourth-order valence-electron chi connectivity index (χ4n) is 4.40. The molecule has 1 aliphatic heterocycles. The summed E-state index contributed by atoms with van der Waals surface area (Å²) in [5, 5.41) is 4.83. The van der Waals surface area contributed by atoms with Crippen molar-refractivity contribution in [3.05, 3.63) is 107 Å². The molecule has 0 spiro atoms. The van der Waals surface area contributed by atoms with Crippen LogP contribution in [0.1, 0.15) is 12.0 Å². The number of hydrogen-bond donors (Lipinski definition) is 0. The third kappa shape index (κ3) is 2.42. The highest BCUT2D eigenvalue weighted by Crippen LogP contribution is 2.41. The molecule has 0 N–H and O–H groups in total. The molecule has 2 heteroatoms. The van der Waals surface area contributed by atoms with Crippen molar-refractivity contribution in [3.63, 3.8) is 0 Å². The van der Waals surface area contributed by atoms with Crippen molar-refractivity contribution in [2.24, 2.45) is 5.92 Å². The predicted molar refractivity (Wildman–Crippen MR) is 122 cm³/mol. The van der Waals surface area contributed by atoms with E-state index < -0.39 is 0 Å². The van der Waals surface area contributed by atoms with Crippen molar-refractivity contribution in [2.45, 2.75) is 6.42 Å². The molecule has 1 nitrogen and oxygen atoms in total. The minimum absolute atomic E-state index is 0.602. The zero-order valence-corrected chi connectivity index (χ0v) is 16.2. The molecule has 1 atom stereocenters. The minimum Gasteiger partial charge on any atom is -0.309 e. The maximum atomic E-state index is 2.37. The quantitative estimate of drug-likeness (QED) is 0.354. The molecule has 1 unspecified atom stereocenters. The Morgan fingerprint density at radius 3 is 2.18 bits per heavy atom. The van der Waals surface area contributed by atoms with Crippen LogP contribution in [0.15, 0.2) is 101 Å². The largest absolute Gasteiger partial charge is 0.309 e. The monoisotopic (exact) mass is 377 g/mol. The van der Waals surface area contributed by atoms with E-state index in [-0.39, 0.29) is 0 Å². The summed E-state index contributed by atoms with van der Waals surface area (Å²) >= 11 is 1.86. The Bertz CT molecular complexity index is 1250. The van der Waals surface area contributed by atoms with E-state index in [1.165, 1.54) is 43.5 Å². The zero-order chi connectivity index (χ0) is 18.5. The van der Waals surface area contributed by atoms with E-state index in [9.17, 15) is 0 Å². The highest BCUT2D eigenvalue weighted by atomic mass is 32.2. The van der Waals surface area contributed by atoms with Gasteiger partial charge in [0.2, 0.25) is 0 Å². The number of hydrogen-bond acceptors (Lipinski definition) is 1. The van der Waals surface area contributed by atoms with Gasteiger partial charge >= 0.3 is 0 Å². The number of benzene rings is 3. The van der Waals surface area contributed by atoms with Crippen molar-refractivity contribution < 1.29 is 0 Å². The topological polar surface area (TPSA) is 4.93 Å². The predicted octanol–water partition coefficient (Wildman–Crippen LogP) is 7.33. The summed E-state index contributed by atoms with van der Waals surface area (Å²) in [5.41, 5.74) is 6.36. The molecule has 6 rings (SSSR count). The van der Waals surface area contributed by atoms with Gasteiger partial charge in [0, 0.05) is 22.4 Å². The lowest BCUT2D eigenvalue weighted by atomic mass is 9.93. The summed E-state index contributed by atoms with van der Waals surface area (Å²) in [7, 11) is 0. The van der Waals surface area contributed by atoms with Crippen LogP contribution in [0.25, 0.3) is 33.1 Å². The Balaban J connectivity index is 1.46. The van der Waals surface area contributed by atoms with Gasteiger partial charge in [-0.25, -0.2) is 0 Å². The molecule has 134 valence electrons. The molecule has 0 saturated heterocycles. The van der Waals surface area contributed by atoms with Crippen LogP contribution in [0.3, 0.4) is 0 Å². The Morgan fingerprint density at radius 1 is 0.786 bits per heavy atom. The van der Waals surface area contributed by atoms with Crippen molar-refractivity contribution >= 4 is 39.1 Å². The third-order valence-electron chi connectivity index (χ3n) is 5.81. The van der Waals surface area contributed by atoms with E-state index in [4.69, 9.17) is 0 Å². The van der Waals surface area contributed by atoms with E-state index in [0.717, 1.165) is 6.42 Å². The van der Waals surface area contributed by atoms with Crippen LogP contribution in [0, 0.1) is 5.92 Å². The van der Waals surface area contributed by atoms with Crippen molar-refractivity contribution in [3.8, 4) is 5.69 Å². The normalized spacial score (nSPS) is 18.4. The first-order chi connectivity index (χ1) is 13.9. The van der Waals surface area contributed by atoms with Gasteiger partial charge in [0.05, 0.1) is 11.0 Å². The van der Waals surface area contributed by atoms with Crippen molar-refractivity contribution in [1.82, 2.24) is 4.57 Å². The standard InChI is InChI=1S/C26H19NS/c1-3-7-24-22(5-1)23-6-2-4-8-25(23)27(24)21-13-11-18(12-14-21)20-10-9-19-15-16-28-26(19)17-20/h1-8,10-17,19H,9H2. The summed E-state index contributed by atoms with van der Waals surface area (Å²) in [4.78, 5) is 1.48. The Hall–Kier alpha value is -2.97. The second kappa shape index (κ2) is 6.29. The van der Waals surface area contributed by atoms with E-state index in [1.54, 1.807) is 0 Å². The number of nitrogens with zero attached hydrogens (tertiary/aromatic N) is 1. The number of allylic oxidation sites excluding steroid dienone is 5. The lowest BCUT2D eigenvalue weighted by Gasteiger charge is -2.16. The average molecular weight is 378 g/mol. The molecule has 2 aliphatic rings. The van der Waals surface area contributed by atoms with Gasteiger partial charge in [0.15, 0.2) is 0 Å². The fraction of sp³-hybridized carbons (Fsp3) is 0.0769. The lowest BCUT2D eigenvalue weighted by molar-refractivity contribution is 0.820. The third-order valence-corrected chi connectivity index (χ3v) is 6.79. The van der Waals surface area contributed by atoms with Crippen LogP contribution < -0.4 is 0 Å². The maximum absolute atomic E-state index is 2.37. The summed E-state index contributed by atoms with van der Waals surface area (Å²) in [6, 6.07) is 26.3. The molecule has 0 radical (unpaired) electrons. The molecule has 4 aromatic rings. The molecule has 1 aromatic heterocycles. The van der Waals surface area contributed by atoms with Crippen LogP contribution in [-0.2, 0) is 0 Å². The van der Waals surface area contributed by atoms with Gasteiger partial charge in [-0.15, -0.1) is 11.8 Å². The second-order valence-electron chi connectivity index (χ2n) is 7.41. The van der Waals surface area contributed by atoms with Crippen LogP contribution in [0.2, 0.25) is 0 Å². The lowest BCUT2D eigenvalue weighted by Crippen LogP contribution is -1.99. The molecule has 3 aromatic carbocycles. The van der Waals surface area contributed by atoms with E-state index >= 15 is 0 Å². The minimum atomic E-state index is 0.602. The summed E-state index contributed by atoms with van der Waals surface area (Å²) in [5.74, 6) is 0.602. The first kappa shape index (κ1) is 16.0. The molecule has 0 fully saturated rings. The molecule has 2 heterocycles.